The van der Waals surface area contributed by atoms with Gasteiger partial charge in [-0.15, -0.1) is 0 Å². The zero-order valence-corrected chi connectivity index (χ0v) is 14.5. The van der Waals surface area contributed by atoms with E-state index < -0.39 is 26.1 Å². The zero-order chi connectivity index (χ0) is 17.3. The molecule has 0 heterocycles. The molecule has 2 aromatic rings. The average molecular weight is 375 g/mol. The van der Waals surface area contributed by atoms with Gasteiger partial charge in [-0.25, -0.2) is 26.7 Å². The summed E-state index contributed by atoms with van der Waals surface area (Å²) in [5.74, 6) is 0. The maximum Gasteiger partial charge on any atom is 0.241 e. The van der Waals surface area contributed by atoms with Crippen molar-refractivity contribution in [3.05, 3.63) is 59.1 Å². The predicted octanol–water partition coefficient (Wildman–Crippen LogP) is 2.03. The van der Waals surface area contributed by atoms with Crippen molar-refractivity contribution in [2.24, 2.45) is 5.14 Å². The van der Waals surface area contributed by atoms with E-state index in [0.29, 0.717) is 10.6 Å². The lowest BCUT2D eigenvalue weighted by Crippen LogP contribution is -2.27. The van der Waals surface area contributed by atoms with E-state index in [0.717, 1.165) is 6.07 Å². The Kier molecular flexibility index (Phi) is 5.12. The third kappa shape index (κ3) is 4.30. The quantitative estimate of drug-likeness (QED) is 0.834. The van der Waals surface area contributed by atoms with E-state index in [1.807, 2.05) is 0 Å². The Morgan fingerprint density at radius 3 is 2.22 bits per heavy atom. The van der Waals surface area contributed by atoms with Gasteiger partial charge in [-0.3, -0.25) is 0 Å². The molecule has 6 nitrogen and oxygen atoms in total. The number of hydrogen-bond acceptors (Lipinski definition) is 4. The zero-order valence-electron chi connectivity index (χ0n) is 12.1. The van der Waals surface area contributed by atoms with E-state index in [4.69, 9.17) is 16.7 Å². The van der Waals surface area contributed by atoms with Gasteiger partial charge in [0.05, 0.1) is 9.79 Å². The van der Waals surface area contributed by atoms with Gasteiger partial charge in [-0.2, -0.15) is 0 Å². The normalized spacial score (nSPS) is 13.7. The van der Waals surface area contributed by atoms with Crippen LogP contribution in [-0.4, -0.2) is 16.8 Å². The summed E-state index contributed by atoms with van der Waals surface area (Å²) in [4.78, 5) is -0.464. The van der Waals surface area contributed by atoms with E-state index in [9.17, 15) is 16.8 Å². The molecule has 0 saturated heterocycles. The molecule has 2 rings (SSSR count). The van der Waals surface area contributed by atoms with E-state index in [1.165, 1.54) is 18.2 Å². The maximum atomic E-state index is 12.4. The molecule has 0 bridgehead atoms. The first kappa shape index (κ1) is 17.9. The van der Waals surface area contributed by atoms with E-state index in [2.05, 4.69) is 4.72 Å². The van der Waals surface area contributed by atoms with Crippen molar-refractivity contribution in [1.82, 2.24) is 4.72 Å². The van der Waals surface area contributed by atoms with Crippen LogP contribution >= 0.6 is 11.6 Å². The van der Waals surface area contributed by atoms with Crippen LogP contribution in [0.25, 0.3) is 0 Å². The summed E-state index contributed by atoms with van der Waals surface area (Å²) in [5.41, 5.74) is 0.611. The van der Waals surface area contributed by atoms with Gasteiger partial charge in [0.1, 0.15) is 0 Å². The summed E-state index contributed by atoms with van der Waals surface area (Å²) < 4.78 is 50.0. The van der Waals surface area contributed by atoms with Gasteiger partial charge in [0, 0.05) is 11.1 Å². The first-order valence-corrected chi connectivity index (χ1v) is 9.91. The Hall–Kier alpha value is -1.45. The molecule has 0 spiro atoms. The fourth-order valence-electron chi connectivity index (χ4n) is 2.01. The van der Waals surface area contributed by atoms with Crippen LogP contribution < -0.4 is 9.86 Å². The highest BCUT2D eigenvalue weighted by atomic mass is 35.5. The number of nitrogens with one attached hydrogen (secondary N) is 1. The fraction of sp³-hybridized carbons (Fsp3) is 0.143. The van der Waals surface area contributed by atoms with Gasteiger partial charge >= 0.3 is 0 Å². The Morgan fingerprint density at radius 2 is 1.61 bits per heavy atom. The molecule has 0 aliphatic rings. The highest BCUT2D eigenvalue weighted by Gasteiger charge is 2.21. The predicted molar refractivity (Wildman–Crippen MR) is 88.0 cm³/mol. The van der Waals surface area contributed by atoms with Crippen molar-refractivity contribution < 1.29 is 16.8 Å². The number of nitrogens with two attached hydrogens (primary N) is 1. The van der Waals surface area contributed by atoms with Crippen molar-refractivity contribution >= 4 is 31.6 Å². The van der Waals surface area contributed by atoms with E-state index in [1.54, 1.807) is 31.2 Å². The van der Waals surface area contributed by atoms with Gasteiger partial charge in [0.25, 0.3) is 0 Å². The van der Waals surface area contributed by atoms with Crippen molar-refractivity contribution in [3.8, 4) is 0 Å². The molecule has 2 aromatic carbocycles. The molecule has 0 saturated carbocycles. The van der Waals surface area contributed by atoms with Gasteiger partial charge in [0.2, 0.25) is 20.0 Å². The Bertz CT molecular complexity index is 927. The summed E-state index contributed by atoms with van der Waals surface area (Å²) in [6, 6.07) is 11.1. The molecule has 0 aliphatic heterocycles. The molecule has 0 aliphatic carbocycles. The molecule has 3 N–H and O–H groups in total. The standard InChI is InChI=1S/C14H15ClN2O4S2/c1-10(13-7-2-3-8-14(13)15)17-23(20,21)12-6-4-5-11(9-12)22(16,18)19/h2-10,17H,1H3,(H2,16,18,19). The second kappa shape index (κ2) is 6.58. The second-order valence-electron chi connectivity index (χ2n) is 4.88. The van der Waals surface area contributed by atoms with Gasteiger partial charge in [-0.1, -0.05) is 35.9 Å². The van der Waals surface area contributed by atoms with Crippen molar-refractivity contribution in [3.63, 3.8) is 0 Å². The van der Waals surface area contributed by atoms with Crippen LogP contribution in [0.5, 0.6) is 0 Å². The SMILES string of the molecule is CC(NS(=O)(=O)c1cccc(S(N)(=O)=O)c1)c1ccccc1Cl. The molecule has 9 heteroatoms. The first-order chi connectivity index (χ1) is 10.6. The molecule has 0 amide bonds. The smallest absolute Gasteiger partial charge is 0.225 e. The molecule has 1 unspecified atom stereocenters. The fourth-order valence-corrected chi connectivity index (χ4v) is 4.21. The summed E-state index contributed by atoms with van der Waals surface area (Å²) in [6.45, 7) is 1.64. The summed E-state index contributed by atoms with van der Waals surface area (Å²) in [6.07, 6.45) is 0. The summed E-state index contributed by atoms with van der Waals surface area (Å²) in [5, 5.41) is 5.45. The molecular formula is C14H15ClN2O4S2. The lowest BCUT2D eigenvalue weighted by atomic mass is 10.1. The van der Waals surface area contributed by atoms with Crippen LogP contribution in [0.2, 0.25) is 5.02 Å². The van der Waals surface area contributed by atoms with Crippen LogP contribution in [0.3, 0.4) is 0 Å². The minimum absolute atomic E-state index is 0.192. The van der Waals surface area contributed by atoms with Crippen LogP contribution in [0.15, 0.2) is 58.3 Å². The number of benzene rings is 2. The van der Waals surface area contributed by atoms with Crippen molar-refractivity contribution in [2.75, 3.05) is 0 Å². The topological polar surface area (TPSA) is 106 Å². The minimum atomic E-state index is -3.99. The summed E-state index contributed by atoms with van der Waals surface area (Å²) >= 11 is 6.05. The largest absolute Gasteiger partial charge is 0.241 e. The van der Waals surface area contributed by atoms with Crippen molar-refractivity contribution in [2.45, 2.75) is 22.8 Å². The molecular weight excluding hydrogens is 360 g/mol. The van der Waals surface area contributed by atoms with Crippen LogP contribution in [0.4, 0.5) is 0 Å². The number of halogens is 1. The molecule has 1 atom stereocenters. The molecule has 0 radical (unpaired) electrons. The van der Waals surface area contributed by atoms with Gasteiger partial charge in [0.15, 0.2) is 0 Å². The van der Waals surface area contributed by atoms with Crippen molar-refractivity contribution in [1.29, 1.82) is 0 Å². The first-order valence-electron chi connectivity index (χ1n) is 6.51. The summed E-state index contributed by atoms with van der Waals surface area (Å²) in [7, 11) is -7.92. The minimum Gasteiger partial charge on any atom is -0.225 e. The number of rotatable bonds is 5. The van der Waals surface area contributed by atoms with Gasteiger partial charge < -0.3 is 0 Å². The lowest BCUT2D eigenvalue weighted by Gasteiger charge is -2.16. The molecule has 124 valence electrons. The van der Waals surface area contributed by atoms with Crippen LogP contribution in [0, 0.1) is 0 Å². The number of primary sulfonamides is 1. The van der Waals surface area contributed by atoms with Crippen LogP contribution in [-0.2, 0) is 20.0 Å². The highest BCUT2D eigenvalue weighted by Crippen LogP contribution is 2.24. The molecule has 0 fully saturated rings. The maximum absolute atomic E-state index is 12.4. The van der Waals surface area contributed by atoms with E-state index in [-0.39, 0.29) is 9.79 Å². The van der Waals surface area contributed by atoms with Crippen LogP contribution in [0.1, 0.15) is 18.5 Å². The Morgan fingerprint density at radius 1 is 1.00 bits per heavy atom. The highest BCUT2D eigenvalue weighted by molar-refractivity contribution is 7.90. The van der Waals surface area contributed by atoms with E-state index >= 15 is 0 Å². The Balaban J connectivity index is 2.35. The third-order valence-electron chi connectivity index (χ3n) is 3.15. The lowest BCUT2D eigenvalue weighted by molar-refractivity contribution is 0.566. The average Bonchev–Trinajstić information content (AvgIpc) is 2.46. The second-order valence-corrected chi connectivity index (χ2v) is 8.57. The number of hydrogen-bond donors (Lipinski definition) is 2. The van der Waals surface area contributed by atoms with Gasteiger partial charge in [-0.05, 0) is 36.8 Å². The molecule has 0 aromatic heterocycles. The number of sulfonamides is 2. The molecule has 23 heavy (non-hydrogen) atoms. The Labute approximate surface area is 140 Å². The third-order valence-corrected chi connectivity index (χ3v) is 5.94. The monoisotopic (exact) mass is 374 g/mol.